The summed E-state index contributed by atoms with van der Waals surface area (Å²) in [5.41, 5.74) is 0.859. The summed E-state index contributed by atoms with van der Waals surface area (Å²) in [5.74, 6) is 0.266. The van der Waals surface area contributed by atoms with Crippen LogP contribution in [0.15, 0.2) is 54.6 Å². The van der Waals surface area contributed by atoms with E-state index in [9.17, 15) is 9.59 Å². The first-order valence-corrected chi connectivity index (χ1v) is 9.78. The maximum absolute atomic E-state index is 12.9. The van der Waals surface area contributed by atoms with Gasteiger partial charge in [-0.05, 0) is 57.5 Å². The number of anilines is 1. The number of carbonyl (C=O) groups excluding carboxylic acids is 2. The highest BCUT2D eigenvalue weighted by Crippen LogP contribution is 2.16. The molecule has 0 aliphatic rings. The van der Waals surface area contributed by atoms with E-state index in [4.69, 9.17) is 14.2 Å². The molecule has 0 unspecified atom stereocenters. The van der Waals surface area contributed by atoms with Crippen molar-refractivity contribution in [2.24, 2.45) is 0 Å². The molecule has 0 fully saturated rings. The number of amides is 2. The van der Waals surface area contributed by atoms with Crippen LogP contribution in [0.25, 0.3) is 0 Å². The lowest BCUT2D eigenvalue weighted by molar-refractivity contribution is -0.122. The van der Waals surface area contributed by atoms with E-state index in [-0.39, 0.29) is 0 Å². The van der Waals surface area contributed by atoms with E-state index in [2.05, 4.69) is 10.6 Å². The number of ether oxygens (including phenoxy) is 3. The summed E-state index contributed by atoms with van der Waals surface area (Å²) < 4.78 is 16.3. The molecule has 162 valence electrons. The number of rotatable bonds is 8. The molecule has 2 rings (SSSR count). The Morgan fingerprint density at radius 3 is 2.20 bits per heavy atom. The SMILES string of the molecule is COc1ccc(NC(=O)[C@H](NC(=O)OC(C)(C)C)[C@H](C)OCc2ccccc2)cc1. The van der Waals surface area contributed by atoms with E-state index in [1.807, 2.05) is 30.3 Å². The number of nitrogens with one attached hydrogen (secondary N) is 2. The Bertz CT molecular complexity index is 816. The van der Waals surface area contributed by atoms with Crippen molar-refractivity contribution >= 4 is 17.7 Å². The van der Waals surface area contributed by atoms with Gasteiger partial charge in [-0.25, -0.2) is 4.79 Å². The molecular weight excluding hydrogens is 384 g/mol. The van der Waals surface area contributed by atoms with Crippen molar-refractivity contribution in [1.82, 2.24) is 5.32 Å². The van der Waals surface area contributed by atoms with E-state index in [1.165, 1.54) is 0 Å². The minimum atomic E-state index is -0.953. The topological polar surface area (TPSA) is 85.9 Å². The Balaban J connectivity index is 2.09. The molecule has 0 aliphatic carbocycles. The van der Waals surface area contributed by atoms with Crippen LogP contribution in [0.5, 0.6) is 5.75 Å². The van der Waals surface area contributed by atoms with Crippen molar-refractivity contribution in [2.75, 3.05) is 12.4 Å². The number of benzene rings is 2. The van der Waals surface area contributed by atoms with E-state index in [1.54, 1.807) is 59.1 Å². The third-order valence-electron chi connectivity index (χ3n) is 4.14. The predicted molar refractivity (Wildman–Crippen MR) is 115 cm³/mol. The zero-order chi connectivity index (χ0) is 22.1. The molecule has 0 spiro atoms. The van der Waals surface area contributed by atoms with Crippen molar-refractivity contribution in [3.8, 4) is 5.75 Å². The van der Waals surface area contributed by atoms with Crippen molar-refractivity contribution in [2.45, 2.75) is 52.0 Å². The summed E-state index contributed by atoms with van der Waals surface area (Å²) in [6.45, 7) is 7.32. The molecule has 2 aromatic rings. The fourth-order valence-corrected chi connectivity index (χ4v) is 2.62. The maximum atomic E-state index is 12.9. The van der Waals surface area contributed by atoms with Gasteiger partial charge >= 0.3 is 6.09 Å². The number of alkyl carbamates (subject to hydrolysis) is 1. The maximum Gasteiger partial charge on any atom is 0.408 e. The second kappa shape index (κ2) is 10.6. The summed E-state index contributed by atoms with van der Waals surface area (Å²) in [7, 11) is 1.57. The van der Waals surface area contributed by atoms with Crippen molar-refractivity contribution in [3.63, 3.8) is 0 Å². The van der Waals surface area contributed by atoms with Crippen LogP contribution in [0.2, 0.25) is 0 Å². The molecule has 30 heavy (non-hydrogen) atoms. The van der Waals surface area contributed by atoms with Gasteiger partial charge in [-0.1, -0.05) is 30.3 Å². The highest BCUT2D eigenvalue weighted by molar-refractivity contribution is 5.97. The van der Waals surface area contributed by atoms with Crippen molar-refractivity contribution in [1.29, 1.82) is 0 Å². The van der Waals surface area contributed by atoms with Gasteiger partial charge in [0.2, 0.25) is 5.91 Å². The largest absolute Gasteiger partial charge is 0.497 e. The van der Waals surface area contributed by atoms with Crippen LogP contribution in [0.3, 0.4) is 0 Å². The third-order valence-corrected chi connectivity index (χ3v) is 4.14. The predicted octanol–water partition coefficient (Wildman–Crippen LogP) is 4.13. The zero-order valence-corrected chi connectivity index (χ0v) is 18.1. The molecular formula is C23H30N2O5. The van der Waals surface area contributed by atoms with Crippen LogP contribution in [0, 0.1) is 0 Å². The zero-order valence-electron chi connectivity index (χ0n) is 18.1. The van der Waals surface area contributed by atoms with E-state index < -0.39 is 29.7 Å². The van der Waals surface area contributed by atoms with Crippen LogP contribution in [-0.2, 0) is 20.9 Å². The number of hydrogen-bond acceptors (Lipinski definition) is 5. The van der Waals surface area contributed by atoms with E-state index in [0.717, 1.165) is 5.56 Å². The number of hydrogen-bond donors (Lipinski definition) is 2. The molecule has 0 bridgehead atoms. The smallest absolute Gasteiger partial charge is 0.408 e. The minimum Gasteiger partial charge on any atom is -0.497 e. The summed E-state index contributed by atoms with van der Waals surface area (Å²) >= 11 is 0. The Kier molecular flexibility index (Phi) is 8.24. The third kappa shape index (κ3) is 7.75. The molecule has 2 N–H and O–H groups in total. The molecule has 2 amide bonds. The van der Waals surface area contributed by atoms with Gasteiger partial charge in [0, 0.05) is 5.69 Å². The molecule has 0 aromatic heterocycles. The highest BCUT2D eigenvalue weighted by atomic mass is 16.6. The van der Waals surface area contributed by atoms with E-state index in [0.29, 0.717) is 18.0 Å². The Morgan fingerprint density at radius 1 is 1.00 bits per heavy atom. The lowest BCUT2D eigenvalue weighted by Crippen LogP contribution is -2.52. The quantitative estimate of drug-likeness (QED) is 0.678. The van der Waals surface area contributed by atoms with Gasteiger partial charge in [-0.15, -0.1) is 0 Å². The fourth-order valence-electron chi connectivity index (χ4n) is 2.62. The van der Waals surface area contributed by atoms with Gasteiger partial charge in [0.05, 0.1) is 19.8 Å². The number of carbonyl (C=O) groups is 2. The van der Waals surface area contributed by atoms with Crippen LogP contribution < -0.4 is 15.4 Å². The number of methoxy groups -OCH3 is 1. The molecule has 0 aliphatic heterocycles. The summed E-state index contributed by atoms with van der Waals surface area (Å²) in [6.07, 6.45) is -1.29. The van der Waals surface area contributed by atoms with E-state index >= 15 is 0 Å². The fraction of sp³-hybridized carbons (Fsp3) is 0.391. The van der Waals surface area contributed by atoms with Crippen LogP contribution >= 0.6 is 0 Å². The molecule has 0 heterocycles. The standard InChI is InChI=1S/C23H30N2O5/c1-16(29-15-17-9-7-6-8-10-17)20(25-22(27)30-23(2,3)4)21(26)24-18-11-13-19(28-5)14-12-18/h6-14,16,20H,15H2,1-5H3,(H,24,26)(H,25,27)/t16-,20+/m0/s1. The Hall–Kier alpha value is -3.06. The lowest BCUT2D eigenvalue weighted by Gasteiger charge is -2.27. The summed E-state index contributed by atoms with van der Waals surface area (Å²) in [6, 6.07) is 15.6. The van der Waals surface area contributed by atoms with Crippen molar-refractivity contribution in [3.05, 3.63) is 60.2 Å². The normalized spacial score (nSPS) is 13.1. The molecule has 7 heteroatoms. The monoisotopic (exact) mass is 414 g/mol. The molecule has 0 saturated heterocycles. The molecule has 7 nitrogen and oxygen atoms in total. The highest BCUT2D eigenvalue weighted by Gasteiger charge is 2.30. The molecule has 2 atom stereocenters. The first kappa shape index (κ1) is 23.2. The first-order valence-electron chi connectivity index (χ1n) is 9.78. The summed E-state index contributed by atoms with van der Waals surface area (Å²) in [5, 5.41) is 5.43. The Labute approximate surface area is 177 Å². The first-order chi connectivity index (χ1) is 14.2. The molecule has 2 aromatic carbocycles. The van der Waals surface area contributed by atoms with Gasteiger partial charge in [0.25, 0.3) is 0 Å². The second-order valence-electron chi connectivity index (χ2n) is 7.84. The van der Waals surface area contributed by atoms with Crippen LogP contribution in [-0.4, -0.2) is 36.9 Å². The van der Waals surface area contributed by atoms with Gasteiger partial charge in [-0.2, -0.15) is 0 Å². The van der Waals surface area contributed by atoms with Gasteiger partial charge < -0.3 is 24.8 Å². The minimum absolute atomic E-state index is 0.310. The molecule has 0 saturated carbocycles. The summed E-state index contributed by atoms with van der Waals surface area (Å²) in [4.78, 5) is 25.2. The lowest BCUT2D eigenvalue weighted by atomic mass is 10.1. The second-order valence-corrected chi connectivity index (χ2v) is 7.84. The van der Waals surface area contributed by atoms with Crippen molar-refractivity contribution < 1.29 is 23.8 Å². The van der Waals surface area contributed by atoms with Gasteiger partial charge in [0.15, 0.2) is 0 Å². The van der Waals surface area contributed by atoms with Gasteiger partial charge in [0.1, 0.15) is 17.4 Å². The van der Waals surface area contributed by atoms with Gasteiger partial charge in [-0.3, -0.25) is 4.79 Å². The average molecular weight is 415 g/mol. The average Bonchev–Trinajstić information content (AvgIpc) is 2.70. The Morgan fingerprint density at radius 2 is 1.63 bits per heavy atom. The van der Waals surface area contributed by atoms with Crippen LogP contribution in [0.4, 0.5) is 10.5 Å². The molecule has 0 radical (unpaired) electrons. The van der Waals surface area contributed by atoms with Crippen LogP contribution in [0.1, 0.15) is 33.3 Å².